The summed E-state index contributed by atoms with van der Waals surface area (Å²) in [5.41, 5.74) is 1.77. The van der Waals surface area contributed by atoms with E-state index in [1.807, 2.05) is 31.7 Å². The van der Waals surface area contributed by atoms with Crippen molar-refractivity contribution in [3.8, 4) is 0 Å². The second-order valence-corrected chi connectivity index (χ2v) is 8.34. The van der Waals surface area contributed by atoms with E-state index in [1.54, 1.807) is 11.3 Å². The van der Waals surface area contributed by atoms with Crippen LogP contribution in [0.2, 0.25) is 0 Å². The number of sulfonamides is 1. The van der Waals surface area contributed by atoms with Gasteiger partial charge in [0.2, 0.25) is 10.0 Å². The number of thiophene rings is 1. The first kappa shape index (κ1) is 16.6. The Morgan fingerprint density at radius 2 is 2.00 bits per heavy atom. The summed E-state index contributed by atoms with van der Waals surface area (Å²) in [5.74, 6) is 0. The first-order valence-corrected chi connectivity index (χ1v) is 9.80. The molecular weight excluding hydrogens is 326 g/mol. The quantitative estimate of drug-likeness (QED) is 0.806. The minimum Gasteiger partial charge on any atom is -0.315 e. The van der Waals surface area contributed by atoms with Gasteiger partial charge in [-0.1, -0.05) is 0 Å². The van der Waals surface area contributed by atoms with Gasteiger partial charge in [-0.2, -0.15) is 0 Å². The van der Waals surface area contributed by atoms with Gasteiger partial charge in [0.15, 0.2) is 0 Å². The van der Waals surface area contributed by atoms with Crippen LogP contribution in [-0.4, -0.2) is 27.0 Å². The minimum absolute atomic E-state index is 0.365. The van der Waals surface area contributed by atoms with Crippen molar-refractivity contribution >= 4 is 32.7 Å². The van der Waals surface area contributed by atoms with Crippen molar-refractivity contribution in [3.05, 3.63) is 31.9 Å². The Morgan fingerprint density at radius 3 is 2.62 bits per heavy atom. The zero-order valence-corrected chi connectivity index (χ0v) is 14.7. The Kier molecular flexibility index (Phi) is 5.50. The van der Waals surface area contributed by atoms with E-state index in [2.05, 4.69) is 15.0 Å². The summed E-state index contributed by atoms with van der Waals surface area (Å²) in [6.45, 7) is 4.68. The van der Waals surface area contributed by atoms with Crippen molar-refractivity contribution in [1.82, 2.24) is 15.0 Å². The Bertz CT molecular complexity index is 704. The van der Waals surface area contributed by atoms with Crippen molar-refractivity contribution in [2.45, 2.75) is 31.7 Å². The molecular formula is C13H19N3O2S3. The minimum atomic E-state index is -3.47. The van der Waals surface area contributed by atoms with Crippen LogP contribution in [0, 0.1) is 13.8 Å². The van der Waals surface area contributed by atoms with Crippen molar-refractivity contribution in [1.29, 1.82) is 0 Å². The van der Waals surface area contributed by atoms with Crippen LogP contribution in [0.5, 0.6) is 0 Å². The molecule has 2 aromatic rings. The molecule has 5 nitrogen and oxygen atoms in total. The van der Waals surface area contributed by atoms with Crippen LogP contribution in [0.15, 0.2) is 15.7 Å². The van der Waals surface area contributed by atoms with Gasteiger partial charge in [0, 0.05) is 35.5 Å². The van der Waals surface area contributed by atoms with Gasteiger partial charge in [-0.05, 0) is 31.8 Å². The van der Waals surface area contributed by atoms with Gasteiger partial charge in [-0.15, -0.1) is 22.7 Å². The van der Waals surface area contributed by atoms with Crippen molar-refractivity contribution in [2.75, 3.05) is 13.6 Å². The number of aromatic nitrogens is 1. The monoisotopic (exact) mass is 345 g/mol. The van der Waals surface area contributed by atoms with Crippen LogP contribution >= 0.6 is 22.7 Å². The zero-order chi connectivity index (χ0) is 15.5. The van der Waals surface area contributed by atoms with E-state index in [0.717, 1.165) is 21.1 Å². The van der Waals surface area contributed by atoms with Gasteiger partial charge in [-0.25, -0.2) is 18.1 Å². The third kappa shape index (κ3) is 4.10. The van der Waals surface area contributed by atoms with Crippen LogP contribution < -0.4 is 10.0 Å². The molecule has 0 amide bonds. The van der Waals surface area contributed by atoms with E-state index in [1.165, 1.54) is 11.3 Å². The summed E-state index contributed by atoms with van der Waals surface area (Å²) >= 11 is 3.03. The van der Waals surface area contributed by atoms with Gasteiger partial charge in [0.25, 0.3) is 0 Å². The third-order valence-electron chi connectivity index (χ3n) is 2.89. The second-order valence-electron chi connectivity index (χ2n) is 4.73. The fourth-order valence-corrected chi connectivity index (χ4v) is 5.64. The lowest BCUT2D eigenvalue weighted by Crippen LogP contribution is -2.27. The van der Waals surface area contributed by atoms with Crippen molar-refractivity contribution in [3.63, 3.8) is 0 Å². The Hall–Kier alpha value is -0.800. The molecule has 0 bridgehead atoms. The molecule has 2 rings (SSSR count). The van der Waals surface area contributed by atoms with Crippen LogP contribution in [-0.2, 0) is 23.0 Å². The fraction of sp³-hybridized carbons (Fsp3) is 0.462. The Morgan fingerprint density at radius 1 is 1.24 bits per heavy atom. The maximum absolute atomic E-state index is 12.5. The maximum atomic E-state index is 12.5. The number of nitrogens with one attached hydrogen (secondary N) is 2. The summed E-state index contributed by atoms with van der Waals surface area (Å²) in [4.78, 5) is 5.59. The van der Waals surface area contributed by atoms with E-state index >= 15 is 0 Å². The average molecular weight is 346 g/mol. The molecule has 21 heavy (non-hydrogen) atoms. The molecule has 0 radical (unpaired) electrons. The molecule has 0 saturated carbocycles. The van der Waals surface area contributed by atoms with Crippen molar-refractivity contribution in [2.24, 2.45) is 0 Å². The molecule has 0 spiro atoms. The van der Waals surface area contributed by atoms with Gasteiger partial charge in [0.1, 0.15) is 4.90 Å². The largest absolute Gasteiger partial charge is 0.315 e. The lowest BCUT2D eigenvalue weighted by molar-refractivity contribution is 0.580. The molecule has 0 aliphatic rings. The third-order valence-corrected chi connectivity index (χ3v) is 6.84. The average Bonchev–Trinajstić information content (AvgIpc) is 2.97. The lowest BCUT2D eigenvalue weighted by Gasteiger charge is -2.08. The molecule has 0 unspecified atom stereocenters. The SMILES string of the molecule is CNCc1scc(C)c1S(=O)(=O)NCCc1nc(C)cs1. The topological polar surface area (TPSA) is 71.1 Å². The highest BCUT2D eigenvalue weighted by molar-refractivity contribution is 7.89. The molecule has 0 atom stereocenters. The number of thiazole rings is 1. The van der Waals surface area contributed by atoms with E-state index in [9.17, 15) is 8.42 Å². The summed E-state index contributed by atoms with van der Waals surface area (Å²) in [7, 11) is -1.66. The van der Waals surface area contributed by atoms with E-state index in [-0.39, 0.29) is 0 Å². The number of hydrogen-bond acceptors (Lipinski definition) is 6. The van der Waals surface area contributed by atoms with E-state index in [0.29, 0.717) is 24.4 Å². The summed E-state index contributed by atoms with van der Waals surface area (Å²) in [5, 5.41) is 7.81. The summed E-state index contributed by atoms with van der Waals surface area (Å²) < 4.78 is 27.6. The predicted molar refractivity (Wildman–Crippen MR) is 87.6 cm³/mol. The summed E-state index contributed by atoms with van der Waals surface area (Å²) in [6.07, 6.45) is 0.613. The Balaban J connectivity index is 2.06. The molecule has 0 aliphatic carbocycles. The normalized spacial score (nSPS) is 12.0. The first-order chi connectivity index (χ1) is 9.94. The molecule has 2 heterocycles. The van der Waals surface area contributed by atoms with Gasteiger partial charge >= 0.3 is 0 Å². The van der Waals surface area contributed by atoms with E-state index < -0.39 is 10.0 Å². The van der Waals surface area contributed by atoms with Crippen LogP contribution in [0.4, 0.5) is 0 Å². The molecule has 0 aromatic carbocycles. The van der Waals surface area contributed by atoms with Gasteiger partial charge in [0.05, 0.1) is 5.01 Å². The van der Waals surface area contributed by atoms with Crippen LogP contribution in [0.3, 0.4) is 0 Å². The molecule has 116 valence electrons. The maximum Gasteiger partial charge on any atom is 0.241 e. The van der Waals surface area contributed by atoms with Crippen molar-refractivity contribution < 1.29 is 8.42 Å². The molecule has 2 aromatic heterocycles. The highest BCUT2D eigenvalue weighted by Gasteiger charge is 2.22. The molecule has 2 N–H and O–H groups in total. The molecule has 0 aliphatic heterocycles. The molecule has 0 fully saturated rings. The highest BCUT2D eigenvalue weighted by Crippen LogP contribution is 2.26. The number of rotatable bonds is 7. The lowest BCUT2D eigenvalue weighted by atomic mass is 10.3. The van der Waals surface area contributed by atoms with Gasteiger partial charge < -0.3 is 5.32 Å². The van der Waals surface area contributed by atoms with Gasteiger partial charge in [-0.3, -0.25) is 0 Å². The van der Waals surface area contributed by atoms with Crippen LogP contribution in [0.1, 0.15) is 21.1 Å². The standard InChI is InChI=1S/C13H19N3O2S3/c1-9-7-19-11(6-14-3)13(9)21(17,18)15-5-4-12-16-10(2)8-20-12/h7-8,14-15H,4-6H2,1-3H3. The summed E-state index contributed by atoms with van der Waals surface area (Å²) in [6, 6.07) is 0. The highest BCUT2D eigenvalue weighted by atomic mass is 32.2. The molecule has 8 heteroatoms. The number of hydrogen-bond donors (Lipinski definition) is 2. The second kappa shape index (κ2) is 6.97. The molecule has 0 saturated heterocycles. The predicted octanol–water partition coefficient (Wildman–Crippen LogP) is 2.06. The Labute approximate surface area is 133 Å². The number of nitrogens with zero attached hydrogens (tertiary/aromatic N) is 1. The fourth-order valence-electron chi connectivity index (χ4n) is 2.01. The first-order valence-electron chi connectivity index (χ1n) is 6.56. The smallest absolute Gasteiger partial charge is 0.241 e. The number of aryl methyl sites for hydroxylation is 2. The zero-order valence-electron chi connectivity index (χ0n) is 12.3. The van der Waals surface area contributed by atoms with E-state index in [4.69, 9.17) is 0 Å². The van der Waals surface area contributed by atoms with Crippen LogP contribution in [0.25, 0.3) is 0 Å².